The summed E-state index contributed by atoms with van der Waals surface area (Å²) in [5.74, 6) is 0.208. The molecule has 0 saturated carbocycles. The van der Waals surface area contributed by atoms with Crippen LogP contribution in [0, 0.1) is 24.2 Å². The lowest BCUT2D eigenvalue weighted by Crippen LogP contribution is -2.34. The first kappa shape index (κ1) is 10.0. The molecule has 78 valence electrons. The van der Waals surface area contributed by atoms with Gasteiger partial charge in [0, 0.05) is 18.8 Å². The van der Waals surface area contributed by atoms with Gasteiger partial charge < -0.3 is 4.90 Å². The normalized spacial score (nSPS) is 21.1. The van der Waals surface area contributed by atoms with Crippen molar-refractivity contribution in [1.82, 2.24) is 0 Å². The van der Waals surface area contributed by atoms with Crippen molar-refractivity contribution >= 4 is 5.69 Å². The van der Waals surface area contributed by atoms with Crippen LogP contribution in [0.1, 0.15) is 18.4 Å². The van der Waals surface area contributed by atoms with Gasteiger partial charge in [0.15, 0.2) is 0 Å². The standard InChI is InChI=1S/C13H16N2/c1-11-4-2-6-13(8-11)15-7-3-5-12(9-14)10-15/h2,4,6,8,12H,3,5,7,10H2,1H3. The maximum Gasteiger partial charge on any atom is 0.0674 e. The highest BCUT2D eigenvalue weighted by molar-refractivity contribution is 5.48. The lowest BCUT2D eigenvalue weighted by Gasteiger charge is -2.31. The van der Waals surface area contributed by atoms with E-state index in [9.17, 15) is 0 Å². The summed E-state index contributed by atoms with van der Waals surface area (Å²) in [5.41, 5.74) is 2.54. The third-order valence-corrected chi connectivity index (χ3v) is 2.97. The molecule has 2 heteroatoms. The number of benzene rings is 1. The van der Waals surface area contributed by atoms with Crippen molar-refractivity contribution in [1.29, 1.82) is 5.26 Å². The molecule has 1 saturated heterocycles. The van der Waals surface area contributed by atoms with Crippen molar-refractivity contribution in [2.45, 2.75) is 19.8 Å². The van der Waals surface area contributed by atoms with Gasteiger partial charge in [0.25, 0.3) is 0 Å². The number of aryl methyl sites for hydroxylation is 1. The Hall–Kier alpha value is -1.49. The summed E-state index contributed by atoms with van der Waals surface area (Å²) >= 11 is 0. The molecule has 0 N–H and O–H groups in total. The molecule has 2 rings (SSSR count). The highest BCUT2D eigenvalue weighted by Crippen LogP contribution is 2.23. The molecule has 2 nitrogen and oxygen atoms in total. The maximum absolute atomic E-state index is 8.93. The largest absolute Gasteiger partial charge is 0.370 e. The number of nitrogens with zero attached hydrogens (tertiary/aromatic N) is 2. The maximum atomic E-state index is 8.93. The minimum Gasteiger partial charge on any atom is -0.370 e. The van der Waals surface area contributed by atoms with Gasteiger partial charge in [-0.2, -0.15) is 5.26 Å². The van der Waals surface area contributed by atoms with E-state index in [4.69, 9.17) is 5.26 Å². The molecule has 0 aliphatic carbocycles. The van der Waals surface area contributed by atoms with Crippen LogP contribution in [0.25, 0.3) is 0 Å². The van der Waals surface area contributed by atoms with Gasteiger partial charge in [-0.3, -0.25) is 0 Å². The van der Waals surface area contributed by atoms with Crippen LogP contribution in [-0.4, -0.2) is 13.1 Å². The fourth-order valence-corrected chi connectivity index (χ4v) is 2.14. The zero-order valence-electron chi connectivity index (χ0n) is 9.11. The van der Waals surface area contributed by atoms with Gasteiger partial charge in [-0.25, -0.2) is 0 Å². The summed E-state index contributed by atoms with van der Waals surface area (Å²) in [5, 5.41) is 8.93. The Kier molecular flexibility index (Phi) is 2.91. The Morgan fingerprint density at radius 3 is 3.07 bits per heavy atom. The average molecular weight is 200 g/mol. The van der Waals surface area contributed by atoms with Crippen LogP contribution >= 0.6 is 0 Å². The minimum absolute atomic E-state index is 0.208. The molecule has 1 fully saturated rings. The lowest BCUT2D eigenvalue weighted by molar-refractivity contribution is 0.493. The van der Waals surface area contributed by atoms with E-state index in [1.165, 1.54) is 11.3 Å². The topological polar surface area (TPSA) is 27.0 Å². The first-order valence-electron chi connectivity index (χ1n) is 5.51. The van der Waals surface area contributed by atoms with Crippen LogP contribution in [0.5, 0.6) is 0 Å². The van der Waals surface area contributed by atoms with Crippen molar-refractivity contribution in [2.75, 3.05) is 18.0 Å². The zero-order chi connectivity index (χ0) is 10.7. The van der Waals surface area contributed by atoms with Crippen LogP contribution in [-0.2, 0) is 0 Å². The second-order valence-electron chi connectivity index (χ2n) is 4.25. The molecule has 0 spiro atoms. The fourth-order valence-electron chi connectivity index (χ4n) is 2.14. The Bertz CT molecular complexity index is 378. The summed E-state index contributed by atoms with van der Waals surface area (Å²) in [7, 11) is 0. The van der Waals surface area contributed by atoms with Crippen LogP contribution in [0.15, 0.2) is 24.3 Å². The van der Waals surface area contributed by atoms with Crippen molar-refractivity contribution in [2.24, 2.45) is 5.92 Å². The molecule has 0 amide bonds. The third-order valence-electron chi connectivity index (χ3n) is 2.97. The minimum atomic E-state index is 0.208. The van der Waals surface area contributed by atoms with E-state index < -0.39 is 0 Å². The van der Waals surface area contributed by atoms with Gasteiger partial charge in [0.1, 0.15) is 0 Å². The Morgan fingerprint density at radius 1 is 1.47 bits per heavy atom. The van der Waals surface area contributed by atoms with Crippen molar-refractivity contribution in [3.05, 3.63) is 29.8 Å². The highest BCUT2D eigenvalue weighted by Gasteiger charge is 2.19. The van der Waals surface area contributed by atoms with E-state index in [0.29, 0.717) is 0 Å². The van der Waals surface area contributed by atoms with Crippen LogP contribution in [0.3, 0.4) is 0 Å². The quantitative estimate of drug-likeness (QED) is 0.697. The second-order valence-corrected chi connectivity index (χ2v) is 4.25. The van der Waals surface area contributed by atoms with Crippen molar-refractivity contribution in [3.63, 3.8) is 0 Å². The fraction of sp³-hybridized carbons (Fsp3) is 0.462. The van der Waals surface area contributed by atoms with E-state index in [1.54, 1.807) is 0 Å². The number of hydrogen-bond acceptors (Lipinski definition) is 2. The number of hydrogen-bond donors (Lipinski definition) is 0. The van der Waals surface area contributed by atoms with E-state index in [0.717, 1.165) is 25.9 Å². The molecule has 1 aromatic rings. The molecule has 1 atom stereocenters. The second kappa shape index (κ2) is 4.35. The molecular formula is C13H16N2. The molecule has 1 unspecified atom stereocenters. The monoisotopic (exact) mass is 200 g/mol. The summed E-state index contributed by atoms with van der Waals surface area (Å²) in [6.45, 7) is 4.08. The first-order chi connectivity index (χ1) is 7.29. The van der Waals surface area contributed by atoms with E-state index in [1.807, 2.05) is 0 Å². The predicted molar refractivity (Wildman–Crippen MR) is 61.7 cm³/mol. The van der Waals surface area contributed by atoms with Crippen LogP contribution < -0.4 is 4.90 Å². The number of rotatable bonds is 1. The van der Waals surface area contributed by atoms with E-state index >= 15 is 0 Å². The first-order valence-corrected chi connectivity index (χ1v) is 5.51. The molecule has 1 aliphatic heterocycles. The molecule has 0 radical (unpaired) electrons. The Balaban J connectivity index is 2.14. The number of nitriles is 1. The third kappa shape index (κ3) is 2.30. The summed E-state index contributed by atoms with van der Waals surface area (Å²) in [6, 6.07) is 10.9. The van der Waals surface area contributed by atoms with Crippen LogP contribution in [0.2, 0.25) is 0 Å². The SMILES string of the molecule is Cc1cccc(N2CCCC(C#N)C2)c1. The molecule has 0 aromatic heterocycles. The average Bonchev–Trinajstić information content (AvgIpc) is 2.29. The molecule has 1 heterocycles. The summed E-state index contributed by atoms with van der Waals surface area (Å²) in [4.78, 5) is 2.32. The van der Waals surface area contributed by atoms with E-state index in [2.05, 4.69) is 42.2 Å². The molecular weight excluding hydrogens is 184 g/mol. The zero-order valence-corrected chi connectivity index (χ0v) is 9.11. The van der Waals surface area contributed by atoms with Gasteiger partial charge in [0.2, 0.25) is 0 Å². The van der Waals surface area contributed by atoms with Gasteiger partial charge in [0.05, 0.1) is 12.0 Å². The Morgan fingerprint density at radius 2 is 2.33 bits per heavy atom. The molecule has 1 aromatic carbocycles. The van der Waals surface area contributed by atoms with Crippen molar-refractivity contribution < 1.29 is 0 Å². The number of piperidine rings is 1. The molecule has 1 aliphatic rings. The Labute approximate surface area is 91.1 Å². The summed E-state index contributed by atoms with van der Waals surface area (Å²) < 4.78 is 0. The highest BCUT2D eigenvalue weighted by atomic mass is 15.1. The van der Waals surface area contributed by atoms with Crippen molar-refractivity contribution in [3.8, 4) is 6.07 Å². The van der Waals surface area contributed by atoms with Gasteiger partial charge in [-0.05, 0) is 37.5 Å². The van der Waals surface area contributed by atoms with E-state index in [-0.39, 0.29) is 5.92 Å². The number of anilines is 1. The van der Waals surface area contributed by atoms with Gasteiger partial charge >= 0.3 is 0 Å². The smallest absolute Gasteiger partial charge is 0.0674 e. The van der Waals surface area contributed by atoms with Crippen LogP contribution in [0.4, 0.5) is 5.69 Å². The lowest BCUT2D eigenvalue weighted by atomic mass is 9.99. The molecule has 15 heavy (non-hydrogen) atoms. The van der Waals surface area contributed by atoms with Gasteiger partial charge in [-0.1, -0.05) is 12.1 Å². The molecule has 0 bridgehead atoms. The summed E-state index contributed by atoms with van der Waals surface area (Å²) in [6.07, 6.45) is 2.19. The van der Waals surface area contributed by atoms with Gasteiger partial charge in [-0.15, -0.1) is 0 Å². The predicted octanol–water partition coefficient (Wildman–Crippen LogP) is 2.74.